The van der Waals surface area contributed by atoms with Crippen LogP contribution in [0.1, 0.15) is 50.0 Å². The van der Waals surface area contributed by atoms with Gasteiger partial charge in [0.05, 0.1) is 10.6 Å². The van der Waals surface area contributed by atoms with E-state index in [-0.39, 0.29) is 17.7 Å². The van der Waals surface area contributed by atoms with E-state index in [4.69, 9.17) is 0 Å². The molecule has 0 unspecified atom stereocenters. The summed E-state index contributed by atoms with van der Waals surface area (Å²) in [4.78, 5) is 52.1. The van der Waals surface area contributed by atoms with Crippen LogP contribution >= 0.6 is 0 Å². The maximum atomic E-state index is 13.7. The molecule has 9 nitrogen and oxygen atoms in total. The van der Waals surface area contributed by atoms with Gasteiger partial charge in [-0.3, -0.25) is 24.6 Å². The zero-order valence-corrected chi connectivity index (χ0v) is 18.7. The highest BCUT2D eigenvalue weighted by Crippen LogP contribution is 2.29. The van der Waals surface area contributed by atoms with Crippen LogP contribution in [0.2, 0.25) is 0 Å². The van der Waals surface area contributed by atoms with Crippen LogP contribution in [0.3, 0.4) is 0 Å². The molecule has 2 rings (SSSR count). The Labute approximate surface area is 186 Å². The van der Waals surface area contributed by atoms with E-state index < -0.39 is 40.1 Å². The number of aryl methyl sites for hydroxylation is 1. The number of carboxylic acid groups (broad SMARTS) is 1. The largest absolute Gasteiger partial charge is 0.465 e. The number of nitro benzene ring substituents is 1. The van der Waals surface area contributed by atoms with E-state index in [0.29, 0.717) is 5.56 Å². The highest BCUT2D eigenvalue weighted by molar-refractivity contribution is 6.24. The van der Waals surface area contributed by atoms with E-state index in [9.17, 15) is 29.6 Å². The number of carbonyl (C=O) groups is 3. The molecule has 32 heavy (non-hydrogen) atoms. The SMILES string of the molecule is CC[C@@H](C(=O)N(C(=O)c1c(C)cccc1[N+](=O)[O-])c1ccccc1)N(C(=O)O)C(C)(C)C. The minimum atomic E-state index is -1.31. The Hall–Kier alpha value is -3.75. The number of anilines is 1. The molecule has 2 aromatic carbocycles. The number of imide groups is 1. The van der Waals surface area contributed by atoms with Gasteiger partial charge in [0.1, 0.15) is 11.6 Å². The van der Waals surface area contributed by atoms with Crippen molar-refractivity contribution in [1.82, 2.24) is 4.90 Å². The molecule has 2 aromatic rings. The number of carbonyl (C=O) groups excluding carboxylic acids is 2. The molecule has 0 aromatic heterocycles. The van der Waals surface area contributed by atoms with Gasteiger partial charge < -0.3 is 5.11 Å². The molecular weight excluding hydrogens is 414 g/mol. The van der Waals surface area contributed by atoms with E-state index in [1.54, 1.807) is 58.9 Å². The summed E-state index contributed by atoms with van der Waals surface area (Å²) in [6, 6.07) is 11.0. The first-order valence-corrected chi connectivity index (χ1v) is 10.1. The minimum absolute atomic E-state index is 0.106. The van der Waals surface area contributed by atoms with E-state index >= 15 is 0 Å². The summed E-state index contributed by atoms with van der Waals surface area (Å²) in [5, 5.41) is 21.4. The number of hydrogen-bond donors (Lipinski definition) is 1. The Morgan fingerprint density at radius 3 is 2.12 bits per heavy atom. The molecule has 0 radical (unpaired) electrons. The van der Waals surface area contributed by atoms with Crippen molar-refractivity contribution < 1.29 is 24.4 Å². The zero-order valence-electron chi connectivity index (χ0n) is 18.7. The first-order chi connectivity index (χ1) is 14.9. The van der Waals surface area contributed by atoms with Crippen molar-refractivity contribution in [2.45, 2.75) is 52.6 Å². The Morgan fingerprint density at radius 1 is 1.06 bits per heavy atom. The number of benzene rings is 2. The van der Waals surface area contributed by atoms with E-state index in [1.807, 2.05) is 0 Å². The molecular formula is C23H27N3O6. The van der Waals surface area contributed by atoms with Crippen molar-refractivity contribution in [3.8, 4) is 0 Å². The quantitative estimate of drug-likeness (QED) is 0.515. The molecule has 0 saturated carbocycles. The number of hydrogen-bond acceptors (Lipinski definition) is 5. The summed E-state index contributed by atoms with van der Waals surface area (Å²) in [5.74, 6) is -1.66. The van der Waals surface area contributed by atoms with Gasteiger partial charge in [0.15, 0.2) is 0 Å². The van der Waals surface area contributed by atoms with E-state index in [2.05, 4.69) is 0 Å². The van der Waals surface area contributed by atoms with Crippen LogP contribution in [-0.4, -0.2) is 44.4 Å². The zero-order chi connectivity index (χ0) is 24.2. The van der Waals surface area contributed by atoms with Gasteiger partial charge in [-0.1, -0.05) is 37.3 Å². The molecule has 0 aliphatic carbocycles. The van der Waals surface area contributed by atoms with Crippen LogP contribution in [0.4, 0.5) is 16.2 Å². The molecule has 0 aliphatic heterocycles. The predicted octanol–water partition coefficient (Wildman–Crippen LogP) is 4.63. The van der Waals surface area contributed by atoms with Crippen molar-refractivity contribution >= 4 is 29.3 Å². The Bertz CT molecular complexity index is 1030. The summed E-state index contributed by atoms with van der Waals surface area (Å²) in [6.07, 6.45) is -1.20. The highest BCUT2D eigenvalue weighted by atomic mass is 16.6. The number of rotatable bonds is 6. The number of nitrogens with zero attached hydrogens (tertiary/aromatic N) is 3. The third kappa shape index (κ3) is 4.93. The van der Waals surface area contributed by atoms with Gasteiger partial charge in [-0.05, 0) is 51.8 Å². The van der Waals surface area contributed by atoms with E-state index in [0.717, 1.165) is 9.80 Å². The Balaban J connectivity index is 2.71. The average molecular weight is 441 g/mol. The summed E-state index contributed by atoms with van der Waals surface area (Å²) in [7, 11) is 0. The molecule has 170 valence electrons. The van der Waals surface area contributed by atoms with Crippen LogP contribution in [0.15, 0.2) is 48.5 Å². The average Bonchev–Trinajstić information content (AvgIpc) is 2.71. The van der Waals surface area contributed by atoms with Gasteiger partial charge in [0.25, 0.3) is 17.5 Å². The lowest BCUT2D eigenvalue weighted by atomic mass is 9.99. The molecule has 0 heterocycles. The molecule has 0 bridgehead atoms. The van der Waals surface area contributed by atoms with E-state index in [1.165, 1.54) is 24.3 Å². The van der Waals surface area contributed by atoms with Crippen LogP contribution in [0.25, 0.3) is 0 Å². The maximum absolute atomic E-state index is 13.7. The fourth-order valence-corrected chi connectivity index (χ4v) is 3.62. The van der Waals surface area contributed by atoms with Crippen molar-refractivity contribution in [3.05, 3.63) is 69.8 Å². The molecule has 3 amide bonds. The van der Waals surface area contributed by atoms with Crippen LogP contribution < -0.4 is 4.90 Å². The van der Waals surface area contributed by atoms with Crippen LogP contribution in [0.5, 0.6) is 0 Å². The second kappa shape index (κ2) is 9.59. The molecule has 0 aliphatic rings. The smallest absolute Gasteiger partial charge is 0.408 e. The summed E-state index contributed by atoms with van der Waals surface area (Å²) >= 11 is 0. The second-order valence-corrected chi connectivity index (χ2v) is 8.29. The van der Waals surface area contributed by atoms with Crippen molar-refractivity contribution in [3.63, 3.8) is 0 Å². The number of amides is 3. The lowest BCUT2D eigenvalue weighted by Gasteiger charge is -2.40. The summed E-state index contributed by atoms with van der Waals surface area (Å²) < 4.78 is 0. The monoisotopic (exact) mass is 441 g/mol. The molecule has 0 saturated heterocycles. The molecule has 0 spiro atoms. The maximum Gasteiger partial charge on any atom is 0.408 e. The predicted molar refractivity (Wildman–Crippen MR) is 120 cm³/mol. The van der Waals surface area contributed by atoms with Gasteiger partial charge in [0, 0.05) is 11.6 Å². The van der Waals surface area contributed by atoms with Crippen molar-refractivity contribution in [1.29, 1.82) is 0 Å². The molecule has 1 atom stereocenters. The second-order valence-electron chi connectivity index (χ2n) is 8.29. The molecule has 1 N–H and O–H groups in total. The first-order valence-electron chi connectivity index (χ1n) is 10.1. The topological polar surface area (TPSA) is 121 Å². The molecule has 0 fully saturated rings. The number of para-hydroxylation sites is 1. The van der Waals surface area contributed by atoms with Gasteiger partial charge in [-0.25, -0.2) is 9.69 Å². The van der Waals surface area contributed by atoms with Crippen LogP contribution in [-0.2, 0) is 4.79 Å². The van der Waals surface area contributed by atoms with Gasteiger partial charge >= 0.3 is 6.09 Å². The third-order valence-corrected chi connectivity index (χ3v) is 5.01. The van der Waals surface area contributed by atoms with Crippen molar-refractivity contribution in [2.24, 2.45) is 0 Å². The fourth-order valence-electron chi connectivity index (χ4n) is 3.62. The Kier molecular flexibility index (Phi) is 7.35. The van der Waals surface area contributed by atoms with Gasteiger partial charge in [-0.15, -0.1) is 0 Å². The van der Waals surface area contributed by atoms with Crippen LogP contribution in [0, 0.1) is 17.0 Å². The standard InChI is InChI=1S/C23H27N3O6/c1-6-17(25(22(29)30)23(3,4)5)20(27)24(16-12-8-7-9-13-16)21(28)19-15(2)11-10-14-18(19)26(31)32/h7-14,17H,6H2,1-5H3,(H,29,30)/t17-/m0/s1. The first kappa shape index (κ1) is 24.5. The van der Waals surface area contributed by atoms with Crippen molar-refractivity contribution in [2.75, 3.05) is 4.90 Å². The third-order valence-electron chi connectivity index (χ3n) is 5.01. The fraction of sp³-hybridized carbons (Fsp3) is 0.348. The lowest BCUT2D eigenvalue weighted by Crippen LogP contribution is -2.58. The summed E-state index contributed by atoms with van der Waals surface area (Å²) in [5.41, 5.74) is -1.05. The summed E-state index contributed by atoms with van der Waals surface area (Å²) in [6.45, 7) is 8.14. The number of nitro groups is 1. The lowest BCUT2D eigenvalue weighted by molar-refractivity contribution is -0.385. The Morgan fingerprint density at radius 2 is 1.66 bits per heavy atom. The normalized spacial score (nSPS) is 12.0. The minimum Gasteiger partial charge on any atom is -0.465 e. The highest BCUT2D eigenvalue weighted by Gasteiger charge is 2.41. The molecule has 9 heteroatoms. The van der Waals surface area contributed by atoms with Gasteiger partial charge in [0.2, 0.25) is 0 Å². The van der Waals surface area contributed by atoms with Gasteiger partial charge in [-0.2, -0.15) is 0 Å².